The van der Waals surface area contributed by atoms with Crippen LogP contribution in [0.4, 0.5) is 11.4 Å². The van der Waals surface area contributed by atoms with Crippen LogP contribution in [0, 0.1) is 0 Å². The van der Waals surface area contributed by atoms with Crippen molar-refractivity contribution in [3.63, 3.8) is 0 Å². The summed E-state index contributed by atoms with van der Waals surface area (Å²) in [6.45, 7) is 6.11. The molecular weight excluding hydrogens is 428 g/mol. The van der Waals surface area contributed by atoms with Crippen LogP contribution in [0.2, 0.25) is 0 Å². The van der Waals surface area contributed by atoms with E-state index in [4.69, 9.17) is 0 Å². The number of carbonyl (C=O) groups excluding carboxylic acids is 2. The van der Waals surface area contributed by atoms with Crippen molar-refractivity contribution >= 4 is 33.2 Å². The number of benzene rings is 2. The van der Waals surface area contributed by atoms with Crippen LogP contribution < -0.4 is 10.2 Å². The quantitative estimate of drug-likeness (QED) is 0.721. The smallest absolute Gasteiger partial charge is 0.255 e. The molecule has 32 heavy (non-hydrogen) atoms. The van der Waals surface area contributed by atoms with Crippen LogP contribution in [0.25, 0.3) is 0 Å². The summed E-state index contributed by atoms with van der Waals surface area (Å²) in [7, 11) is -3.55. The van der Waals surface area contributed by atoms with E-state index < -0.39 is 10.0 Å². The molecular formula is C23H28N4O4S. The first-order valence-corrected chi connectivity index (χ1v) is 12.4. The van der Waals surface area contributed by atoms with Gasteiger partial charge in [0.15, 0.2) is 0 Å². The predicted molar refractivity (Wildman–Crippen MR) is 123 cm³/mol. The van der Waals surface area contributed by atoms with Gasteiger partial charge >= 0.3 is 0 Å². The molecule has 0 spiro atoms. The number of likely N-dealkylation sites (N-methyl/N-ethyl adjacent to an activating group) is 1. The van der Waals surface area contributed by atoms with Crippen molar-refractivity contribution in [3.05, 3.63) is 54.1 Å². The summed E-state index contributed by atoms with van der Waals surface area (Å²) >= 11 is 0. The highest BCUT2D eigenvalue weighted by atomic mass is 32.2. The van der Waals surface area contributed by atoms with Gasteiger partial charge in [0.05, 0.1) is 4.90 Å². The zero-order valence-electron chi connectivity index (χ0n) is 18.2. The first-order valence-electron chi connectivity index (χ1n) is 10.9. The Morgan fingerprint density at radius 1 is 0.938 bits per heavy atom. The van der Waals surface area contributed by atoms with E-state index in [1.165, 1.54) is 16.4 Å². The second-order valence-electron chi connectivity index (χ2n) is 8.01. The topological polar surface area (TPSA) is 90.0 Å². The zero-order valence-corrected chi connectivity index (χ0v) is 19.0. The number of nitrogens with one attached hydrogen (secondary N) is 1. The van der Waals surface area contributed by atoms with Crippen LogP contribution in [0.15, 0.2) is 53.4 Å². The summed E-state index contributed by atoms with van der Waals surface area (Å²) in [4.78, 5) is 28.6. The Labute approximate surface area is 188 Å². The maximum atomic E-state index is 12.9. The summed E-state index contributed by atoms with van der Waals surface area (Å²) in [5, 5.41) is 2.79. The highest BCUT2D eigenvalue weighted by Crippen LogP contribution is 2.23. The average Bonchev–Trinajstić information content (AvgIpc) is 3.25. The highest BCUT2D eigenvalue weighted by molar-refractivity contribution is 7.89. The fourth-order valence-electron chi connectivity index (χ4n) is 4.06. The number of hydrogen-bond acceptors (Lipinski definition) is 5. The number of nitrogens with zero attached hydrogens (tertiary/aromatic N) is 3. The molecule has 0 saturated carbocycles. The Bertz CT molecular complexity index is 1080. The molecule has 2 heterocycles. The lowest BCUT2D eigenvalue weighted by Gasteiger charge is -2.33. The minimum atomic E-state index is -3.55. The van der Waals surface area contributed by atoms with Gasteiger partial charge < -0.3 is 15.1 Å². The number of hydrogen-bond donors (Lipinski definition) is 1. The van der Waals surface area contributed by atoms with E-state index in [2.05, 4.69) is 17.1 Å². The number of carbonyl (C=O) groups is 2. The van der Waals surface area contributed by atoms with Gasteiger partial charge in [-0.3, -0.25) is 9.59 Å². The van der Waals surface area contributed by atoms with E-state index in [1.54, 1.807) is 41.3 Å². The van der Waals surface area contributed by atoms with E-state index >= 15 is 0 Å². The first kappa shape index (κ1) is 22.4. The standard InChI is InChI=1S/C23H28N4O4S/c1-2-25-14-16-26(17-15-25)32(30,31)21-11-7-19(8-12-21)24-23(29)18-5-9-20(10-6-18)27-13-3-4-22(27)28/h5-12H,2-4,13-17H2,1H3,(H,24,29). The Morgan fingerprint density at radius 3 is 2.16 bits per heavy atom. The van der Waals surface area contributed by atoms with Gasteiger partial charge in [-0.25, -0.2) is 8.42 Å². The van der Waals surface area contributed by atoms with E-state index in [1.807, 2.05) is 0 Å². The zero-order chi connectivity index (χ0) is 22.7. The number of piperazine rings is 1. The number of anilines is 2. The van der Waals surface area contributed by atoms with Gasteiger partial charge in [0, 0.05) is 56.1 Å². The lowest BCUT2D eigenvalue weighted by atomic mass is 10.1. The van der Waals surface area contributed by atoms with E-state index in [0.29, 0.717) is 37.3 Å². The minimum Gasteiger partial charge on any atom is -0.322 e. The number of rotatable bonds is 6. The molecule has 0 atom stereocenters. The molecule has 0 bridgehead atoms. The number of sulfonamides is 1. The first-order chi connectivity index (χ1) is 15.4. The fourth-order valence-corrected chi connectivity index (χ4v) is 5.48. The van der Waals surface area contributed by atoms with Crippen molar-refractivity contribution in [2.75, 3.05) is 49.5 Å². The molecule has 4 rings (SSSR count). The molecule has 2 aromatic rings. The summed E-state index contributed by atoms with van der Waals surface area (Å²) in [6.07, 6.45) is 1.41. The van der Waals surface area contributed by atoms with Crippen molar-refractivity contribution in [3.8, 4) is 0 Å². The van der Waals surface area contributed by atoms with Gasteiger partial charge in [-0.05, 0) is 61.5 Å². The third kappa shape index (κ3) is 4.69. The van der Waals surface area contributed by atoms with Crippen molar-refractivity contribution < 1.29 is 18.0 Å². The maximum Gasteiger partial charge on any atom is 0.255 e. The molecule has 2 aliphatic heterocycles. The summed E-state index contributed by atoms with van der Waals surface area (Å²) in [5.41, 5.74) is 1.77. The molecule has 2 aromatic carbocycles. The fraction of sp³-hybridized carbons (Fsp3) is 0.391. The maximum absolute atomic E-state index is 12.9. The molecule has 1 N–H and O–H groups in total. The number of amides is 2. The van der Waals surface area contributed by atoms with Gasteiger partial charge in [-0.15, -0.1) is 0 Å². The van der Waals surface area contributed by atoms with E-state index in [-0.39, 0.29) is 16.7 Å². The van der Waals surface area contributed by atoms with Crippen molar-refractivity contribution in [2.45, 2.75) is 24.7 Å². The molecule has 0 unspecified atom stereocenters. The molecule has 0 aromatic heterocycles. The van der Waals surface area contributed by atoms with Crippen molar-refractivity contribution in [1.29, 1.82) is 0 Å². The lowest BCUT2D eigenvalue weighted by molar-refractivity contribution is -0.117. The summed E-state index contributed by atoms with van der Waals surface area (Å²) < 4.78 is 27.3. The van der Waals surface area contributed by atoms with E-state index in [9.17, 15) is 18.0 Å². The van der Waals surface area contributed by atoms with Gasteiger partial charge in [0.1, 0.15) is 0 Å². The van der Waals surface area contributed by atoms with Crippen LogP contribution in [0.5, 0.6) is 0 Å². The molecule has 2 amide bonds. The third-order valence-electron chi connectivity index (χ3n) is 6.04. The molecule has 2 saturated heterocycles. The van der Waals surface area contributed by atoms with Crippen LogP contribution in [0.3, 0.4) is 0 Å². The van der Waals surface area contributed by atoms with Crippen LogP contribution in [0.1, 0.15) is 30.1 Å². The SMILES string of the molecule is CCN1CCN(S(=O)(=O)c2ccc(NC(=O)c3ccc(N4CCCC4=O)cc3)cc2)CC1. The molecule has 2 aliphatic rings. The molecule has 9 heteroatoms. The van der Waals surface area contributed by atoms with Crippen molar-refractivity contribution in [2.24, 2.45) is 0 Å². The van der Waals surface area contributed by atoms with Gasteiger partial charge in [0.25, 0.3) is 5.91 Å². The molecule has 0 radical (unpaired) electrons. The van der Waals surface area contributed by atoms with Crippen LogP contribution >= 0.6 is 0 Å². The second-order valence-corrected chi connectivity index (χ2v) is 9.95. The second kappa shape index (κ2) is 9.40. The molecule has 170 valence electrons. The Kier molecular flexibility index (Phi) is 6.59. The van der Waals surface area contributed by atoms with Crippen LogP contribution in [-0.2, 0) is 14.8 Å². The normalized spacial score (nSPS) is 18.2. The summed E-state index contributed by atoms with van der Waals surface area (Å²) in [6, 6.07) is 13.2. The Balaban J connectivity index is 1.39. The molecule has 2 fully saturated rings. The molecule has 8 nitrogen and oxygen atoms in total. The Morgan fingerprint density at radius 2 is 1.59 bits per heavy atom. The van der Waals surface area contributed by atoms with Gasteiger partial charge in [-0.2, -0.15) is 4.31 Å². The summed E-state index contributed by atoms with van der Waals surface area (Å²) in [5.74, 6) is -0.194. The van der Waals surface area contributed by atoms with Crippen LogP contribution in [-0.4, -0.2) is 68.7 Å². The van der Waals surface area contributed by atoms with Crippen molar-refractivity contribution in [1.82, 2.24) is 9.21 Å². The lowest BCUT2D eigenvalue weighted by Crippen LogP contribution is -2.48. The van der Waals surface area contributed by atoms with Gasteiger partial charge in [-0.1, -0.05) is 6.92 Å². The molecule has 0 aliphatic carbocycles. The Hall–Kier alpha value is -2.75. The van der Waals surface area contributed by atoms with Gasteiger partial charge in [0.2, 0.25) is 15.9 Å². The van der Waals surface area contributed by atoms with E-state index in [0.717, 1.165) is 31.7 Å². The average molecular weight is 457 g/mol. The largest absolute Gasteiger partial charge is 0.322 e. The minimum absolute atomic E-state index is 0.101. The predicted octanol–water partition coefficient (Wildman–Crippen LogP) is 2.39. The monoisotopic (exact) mass is 456 g/mol. The third-order valence-corrected chi connectivity index (χ3v) is 7.96. The highest BCUT2D eigenvalue weighted by Gasteiger charge is 2.28.